The summed E-state index contributed by atoms with van der Waals surface area (Å²) < 4.78 is 41.8. The van der Waals surface area contributed by atoms with Crippen LogP contribution in [0.4, 0.5) is 10.1 Å². The monoisotopic (exact) mass is 316 g/mol. The molecule has 2 aromatic carbocycles. The lowest BCUT2D eigenvalue weighted by Crippen LogP contribution is -2.13. The maximum atomic E-state index is 12.9. The van der Waals surface area contributed by atoms with E-state index in [9.17, 15) is 12.8 Å². The Morgan fingerprint density at radius 3 is 2.27 bits per heavy atom. The van der Waals surface area contributed by atoms with Crippen LogP contribution >= 0.6 is 0 Å². The van der Waals surface area contributed by atoms with Gasteiger partial charge in [0.1, 0.15) is 5.82 Å². The highest BCUT2D eigenvalue weighted by atomic mass is 32.2. The van der Waals surface area contributed by atoms with Crippen LogP contribution in [0.2, 0.25) is 0 Å². The van der Waals surface area contributed by atoms with Gasteiger partial charge >= 0.3 is 0 Å². The maximum Gasteiger partial charge on any atom is 0.261 e. The molecule has 22 heavy (non-hydrogen) atoms. The van der Waals surface area contributed by atoms with E-state index in [1.165, 1.54) is 12.1 Å². The summed E-state index contributed by atoms with van der Waals surface area (Å²) in [5.41, 5.74) is 1.28. The van der Waals surface area contributed by atoms with Crippen molar-refractivity contribution in [2.45, 2.75) is 4.90 Å². The van der Waals surface area contributed by atoms with E-state index >= 15 is 0 Å². The van der Waals surface area contributed by atoms with Crippen LogP contribution in [0.25, 0.3) is 5.69 Å². The number of nitrogens with zero attached hydrogens (tertiary/aromatic N) is 1. The van der Waals surface area contributed by atoms with Crippen molar-refractivity contribution in [3.8, 4) is 5.69 Å². The molecule has 0 amide bonds. The number of aromatic nitrogens is 1. The van der Waals surface area contributed by atoms with Crippen LogP contribution < -0.4 is 4.72 Å². The first-order valence-corrected chi connectivity index (χ1v) is 8.05. The highest BCUT2D eigenvalue weighted by Gasteiger charge is 2.14. The number of hydrogen-bond donors (Lipinski definition) is 1. The number of hydrogen-bond acceptors (Lipinski definition) is 2. The van der Waals surface area contributed by atoms with Gasteiger partial charge in [-0.2, -0.15) is 0 Å². The molecular formula is C16H13FN2O2S. The minimum absolute atomic E-state index is 0.0141. The first-order valence-electron chi connectivity index (χ1n) is 6.56. The molecule has 3 rings (SSSR count). The summed E-state index contributed by atoms with van der Waals surface area (Å²) in [5.74, 6) is -0.478. The molecule has 112 valence electrons. The van der Waals surface area contributed by atoms with Gasteiger partial charge in [-0.1, -0.05) is 6.07 Å². The number of halogens is 1. The van der Waals surface area contributed by atoms with Crippen LogP contribution in [-0.4, -0.2) is 13.0 Å². The van der Waals surface area contributed by atoms with Gasteiger partial charge in [-0.3, -0.25) is 4.72 Å². The lowest BCUT2D eigenvalue weighted by Gasteiger charge is -2.10. The Balaban J connectivity index is 1.89. The quantitative estimate of drug-likeness (QED) is 0.802. The fourth-order valence-electron chi connectivity index (χ4n) is 2.06. The van der Waals surface area contributed by atoms with Crippen molar-refractivity contribution < 1.29 is 12.8 Å². The molecule has 3 aromatic rings. The molecular weight excluding hydrogens is 303 g/mol. The summed E-state index contributed by atoms with van der Waals surface area (Å²) in [6, 6.07) is 15.5. The summed E-state index contributed by atoms with van der Waals surface area (Å²) in [5, 5.41) is 0. The van der Waals surface area contributed by atoms with Gasteiger partial charge in [0.15, 0.2) is 0 Å². The van der Waals surface area contributed by atoms with Crippen molar-refractivity contribution in [1.29, 1.82) is 0 Å². The third kappa shape index (κ3) is 3.01. The van der Waals surface area contributed by atoms with Crippen LogP contribution in [0.5, 0.6) is 0 Å². The average Bonchev–Trinajstić information content (AvgIpc) is 3.02. The molecule has 1 N–H and O–H groups in total. The van der Waals surface area contributed by atoms with E-state index in [0.717, 1.165) is 17.8 Å². The molecule has 0 atom stereocenters. The Morgan fingerprint density at radius 1 is 0.909 bits per heavy atom. The summed E-state index contributed by atoms with van der Waals surface area (Å²) in [4.78, 5) is 0.0141. The summed E-state index contributed by atoms with van der Waals surface area (Å²) >= 11 is 0. The summed E-state index contributed by atoms with van der Waals surface area (Å²) in [7, 11) is -3.74. The molecule has 0 saturated carbocycles. The molecule has 6 heteroatoms. The fraction of sp³-hybridized carbons (Fsp3) is 0. The molecule has 0 aliphatic heterocycles. The molecule has 0 radical (unpaired) electrons. The van der Waals surface area contributed by atoms with Gasteiger partial charge in [-0.25, -0.2) is 12.8 Å². The number of anilines is 1. The minimum Gasteiger partial charge on any atom is -0.324 e. The van der Waals surface area contributed by atoms with Gasteiger partial charge in [0.05, 0.1) is 10.6 Å². The van der Waals surface area contributed by atoms with Crippen molar-refractivity contribution in [3.63, 3.8) is 0 Å². The standard InChI is InChI=1S/C16H13FN2O2S/c17-13-6-8-16(9-7-13)22(20,21)18-14-4-3-5-15(12-14)19-10-1-2-11-19/h1-12,18H. The van der Waals surface area contributed by atoms with Gasteiger partial charge in [0.25, 0.3) is 10.0 Å². The second-order valence-corrected chi connectivity index (χ2v) is 6.38. The molecule has 0 spiro atoms. The zero-order valence-corrected chi connectivity index (χ0v) is 12.3. The Kier molecular flexibility index (Phi) is 3.68. The van der Waals surface area contributed by atoms with Crippen LogP contribution in [0.3, 0.4) is 0 Å². The van der Waals surface area contributed by atoms with Crippen molar-refractivity contribution in [1.82, 2.24) is 4.57 Å². The third-order valence-electron chi connectivity index (χ3n) is 3.12. The number of rotatable bonds is 4. The summed E-state index contributed by atoms with van der Waals surface area (Å²) in [6.07, 6.45) is 3.74. The van der Waals surface area contributed by atoms with Crippen molar-refractivity contribution in [3.05, 3.63) is 78.9 Å². The number of benzene rings is 2. The largest absolute Gasteiger partial charge is 0.324 e. The average molecular weight is 316 g/mol. The zero-order chi connectivity index (χ0) is 15.6. The van der Waals surface area contributed by atoms with Gasteiger partial charge in [-0.15, -0.1) is 0 Å². The molecule has 1 aromatic heterocycles. The molecule has 0 aliphatic carbocycles. The Bertz CT molecular complexity index is 873. The topological polar surface area (TPSA) is 51.1 Å². The highest BCUT2D eigenvalue weighted by Crippen LogP contribution is 2.19. The molecule has 0 fully saturated rings. The molecule has 4 nitrogen and oxygen atoms in total. The second kappa shape index (κ2) is 5.65. The second-order valence-electron chi connectivity index (χ2n) is 4.70. The van der Waals surface area contributed by atoms with Crippen molar-refractivity contribution in [2.75, 3.05) is 4.72 Å². The molecule has 0 unspecified atom stereocenters. The molecule has 0 aliphatic rings. The lowest BCUT2D eigenvalue weighted by molar-refractivity contribution is 0.599. The molecule has 0 saturated heterocycles. The van der Waals surface area contributed by atoms with E-state index in [1.807, 2.05) is 35.2 Å². The van der Waals surface area contributed by atoms with Crippen LogP contribution in [-0.2, 0) is 10.0 Å². The van der Waals surface area contributed by atoms with Gasteiger partial charge in [0.2, 0.25) is 0 Å². The van der Waals surface area contributed by atoms with E-state index in [4.69, 9.17) is 0 Å². The highest BCUT2D eigenvalue weighted by molar-refractivity contribution is 7.92. The maximum absolute atomic E-state index is 12.9. The Morgan fingerprint density at radius 2 is 1.59 bits per heavy atom. The third-order valence-corrected chi connectivity index (χ3v) is 4.52. The fourth-order valence-corrected chi connectivity index (χ4v) is 3.11. The van der Waals surface area contributed by atoms with Crippen molar-refractivity contribution >= 4 is 15.7 Å². The minimum atomic E-state index is -3.74. The normalized spacial score (nSPS) is 11.3. The Hall–Kier alpha value is -2.60. The molecule has 0 bridgehead atoms. The molecule has 1 heterocycles. The predicted octanol–water partition coefficient (Wildman–Crippen LogP) is 3.42. The van der Waals surface area contributed by atoms with E-state index in [-0.39, 0.29) is 4.90 Å². The van der Waals surface area contributed by atoms with Crippen LogP contribution in [0.1, 0.15) is 0 Å². The van der Waals surface area contributed by atoms with Gasteiger partial charge < -0.3 is 4.57 Å². The smallest absolute Gasteiger partial charge is 0.261 e. The van der Waals surface area contributed by atoms with E-state index in [1.54, 1.807) is 18.2 Å². The predicted molar refractivity (Wildman–Crippen MR) is 83.0 cm³/mol. The Labute approximate surface area is 127 Å². The van der Waals surface area contributed by atoms with Gasteiger partial charge in [-0.05, 0) is 54.6 Å². The lowest BCUT2D eigenvalue weighted by atomic mass is 10.3. The van der Waals surface area contributed by atoms with Crippen LogP contribution in [0, 0.1) is 5.82 Å². The van der Waals surface area contributed by atoms with E-state index in [2.05, 4.69) is 4.72 Å². The number of sulfonamides is 1. The van der Waals surface area contributed by atoms with Crippen molar-refractivity contribution in [2.24, 2.45) is 0 Å². The zero-order valence-electron chi connectivity index (χ0n) is 11.5. The number of nitrogens with one attached hydrogen (secondary N) is 1. The summed E-state index contributed by atoms with van der Waals surface area (Å²) in [6.45, 7) is 0. The van der Waals surface area contributed by atoms with Crippen LogP contribution in [0.15, 0.2) is 78.0 Å². The van der Waals surface area contributed by atoms with E-state index < -0.39 is 15.8 Å². The first-order chi connectivity index (χ1) is 10.5. The first kappa shape index (κ1) is 14.3. The SMILES string of the molecule is O=S(=O)(Nc1cccc(-n2cccc2)c1)c1ccc(F)cc1. The van der Waals surface area contributed by atoms with E-state index in [0.29, 0.717) is 5.69 Å². The van der Waals surface area contributed by atoms with Gasteiger partial charge in [0, 0.05) is 18.1 Å².